The number of nitrogens with zero attached hydrogens (tertiary/aromatic N) is 3. The monoisotopic (exact) mass is 457 g/mol. The highest BCUT2D eigenvalue weighted by Gasteiger charge is 2.24. The van der Waals surface area contributed by atoms with Gasteiger partial charge in [-0.2, -0.15) is 0 Å². The van der Waals surface area contributed by atoms with Gasteiger partial charge in [-0.3, -0.25) is 4.98 Å². The summed E-state index contributed by atoms with van der Waals surface area (Å²) in [4.78, 5) is 20.8. The van der Waals surface area contributed by atoms with Gasteiger partial charge >= 0.3 is 6.03 Å². The normalized spacial score (nSPS) is 15.2. The van der Waals surface area contributed by atoms with Gasteiger partial charge in [0.05, 0.1) is 11.9 Å². The van der Waals surface area contributed by atoms with E-state index < -0.39 is 21.5 Å². The van der Waals surface area contributed by atoms with Crippen molar-refractivity contribution in [2.75, 3.05) is 5.32 Å². The molecule has 4 rings (SSSR count). The van der Waals surface area contributed by atoms with Gasteiger partial charge in [-0.15, -0.1) is 15.7 Å². The molecule has 2 heterocycles. The summed E-state index contributed by atoms with van der Waals surface area (Å²) in [5.74, 6) is 0. The van der Waals surface area contributed by atoms with Gasteiger partial charge < -0.3 is 10.4 Å². The number of fused-ring (bicyclic) bond motifs is 1. The number of carbonyl (C=O) groups excluding carboxylic acids is 1. The van der Waals surface area contributed by atoms with Crippen molar-refractivity contribution in [3.63, 3.8) is 0 Å². The Morgan fingerprint density at radius 3 is 2.58 bits per heavy atom. The van der Waals surface area contributed by atoms with Crippen molar-refractivity contribution < 1.29 is 14.1 Å². The first-order valence-electron chi connectivity index (χ1n) is 9.74. The summed E-state index contributed by atoms with van der Waals surface area (Å²) >= 11 is 0.969. The minimum Gasteiger partial charge on any atom is -0.383 e. The van der Waals surface area contributed by atoms with Crippen LogP contribution in [0.1, 0.15) is 36.4 Å². The van der Waals surface area contributed by atoms with Crippen molar-refractivity contribution in [2.24, 2.45) is 9.50 Å². The standard InChI is InChI=1S/C21H23N5O3S2/c1-21(2,28)19-24-12-18(30-19)31(22,29)26-20(27)25-17-11-15-5-3-4-14(15)10-16(17)13-6-8-23-9-7-13/h6-12,28H,3-5H2,1-2H3,(H3,22,25,26,27,29). The first-order valence-corrected chi connectivity index (χ1v) is 12.1. The molecule has 162 valence electrons. The quantitative estimate of drug-likeness (QED) is 0.548. The highest BCUT2D eigenvalue weighted by molar-refractivity contribution is 7.93. The van der Waals surface area contributed by atoms with Crippen LogP contribution in [0.25, 0.3) is 11.1 Å². The Balaban J connectivity index is 1.67. The Bertz CT molecular complexity index is 1260. The van der Waals surface area contributed by atoms with Crippen LogP contribution in [0.2, 0.25) is 0 Å². The molecule has 31 heavy (non-hydrogen) atoms. The van der Waals surface area contributed by atoms with Gasteiger partial charge in [0.2, 0.25) is 0 Å². The van der Waals surface area contributed by atoms with Crippen LogP contribution in [0.15, 0.2) is 51.4 Å². The number of benzene rings is 1. The van der Waals surface area contributed by atoms with E-state index in [1.54, 1.807) is 26.2 Å². The van der Waals surface area contributed by atoms with Crippen LogP contribution in [0.4, 0.5) is 10.5 Å². The van der Waals surface area contributed by atoms with Crippen LogP contribution in [0, 0.1) is 0 Å². The summed E-state index contributed by atoms with van der Waals surface area (Å²) in [7, 11) is -3.51. The molecule has 0 spiro atoms. The van der Waals surface area contributed by atoms with E-state index in [0.717, 1.165) is 41.7 Å². The summed E-state index contributed by atoms with van der Waals surface area (Å²) in [6.45, 7) is 3.12. The first-order chi connectivity index (χ1) is 14.6. The molecule has 0 fully saturated rings. The average Bonchev–Trinajstić information content (AvgIpc) is 3.37. The van der Waals surface area contributed by atoms with Crippen LogP contribution in [0.3, 0.4) is 0 Å². The van der Waals surface area contributed by atoms with Crippen molar-refractivity contribution in [1.82, 2.24) is 9.97 Å². The predicted molar refractivity (Wildman–Crippen MR) is 121 cm³/mol. The van der Waals surface area contributed by atoms with Crippen LogP contribution in [-0.2, 0) is 28.4 Å². The Morgan fingerprint density at radius 2 is 1.94 bits per heavy atom. The summed E-state index contributed by atoms with van der Waals surface area (Å²) in [6, 6.07) is 6.95. The van der Waals surface area contributed by atoms with Gasteiger partial charge in [-0.25, -0.2) is 19.1 Å². The predicted octanol–water partition coefficient (Wildman–Crippen LogP) is 3.85. The molecule has 2 aromatic heterocycles. The number of nitrogens with one attached hydrogen (secondary N) is 1. The fraction of sp³-hybridized carbons (Fsp3) is 0.286. The van der Waals surface area contributed by atoms with Crippen molar-refractivity contribution in [1.29, 1.82) is 0 Å². The molecule has 0 bridgehead atoms. The number of aliphatic hydroxyl groups is 1. The third-order valence-electron chi connectivity index (χ3n) is 4.98. The number of anilines is 1. The lowest BCUT2D eigenvalue weighted by atomic mass is 9.99. The van der Waals surface area contributed by atoms with Crippen molar-refractivity contribution in [2.45, 2.75) is 42.9 Å². The maximum Gasteiger partial charge on any atom is 0.354 e. The zero-order valence-electron chi connectivity index (χ0n) is 17.2. The Hall–Kier alpha value is -2.66. The van der Waals surface area contributed by atoms with E-state index in [1.165, 1.54) is 17.3 Å². The molecular formula is C21H23N5O3S2. The number of amides is 2. The number of thiazole rings is 1. The van der Waals surface area contributed by atoms with Crippen LogP contribution in [0.5, 0.6) is 0 Å². The minimum absolute atomic E-state index is 0.128. The fourth-order valence-corrected chi connectivity index (χ4v) is 5.54. The summed E-state index contributed by atoms with van der Waals surface area (Å²) in [5.41, 5.74) is 3.57. The van der Waals surface area contributed by atoms with Gasteiger partial charge in [-0.05, 0) is 74.1 Å². The smallest absolute Gasteiger partial charge is 0.354 e. The molecule has 0 aliphatic heterocycles. The Kier molecular flexibility index (Phi) is 5.65. The van der Waals surface area contributed by atoms with Crippen LogP contribution < -0.4 is 10.5 Å². The van der Waals surface area contributed by atoms with Crippen LogP contribution in [-0.4, -0.2) is 25.3 Å². The van der Waals surface area contributed by atoms with Crippen LogP contribution >= 0.6 is 11.3 Å². The zero-order valence-corrected chi connectivity index (χ0v) is 18.8. The van der Waals surface area contributed by atoms with Crippen molar-refractivity contribution in [3.8, 4) is 11.1 Å². The summed E-state index contributed by atoms with van der Waals surface area (Å²) in [5, 5.41) is 19.0. The van der Waals surface area contributed by atoms with Gasteiger partial charge in [0.25, 0.3) is 0 Å². The number of hydrogen-bond donors (Lipinski definition) is 3. The molecule has 1 aliphatic rings. The lowest BCUT2D eigenvalue weighted by molar-refractivity contribution is 0.0783. The summed E-state index contributed by atoms with van der Waals surface area (Å²) < 4.78 is 16.8. The second kappa shape index (κ2) is 8.12. The van der Waals surface area contributed by atoms with Gasteiger partial charge in [-0.1, -0.05) is 0 Å². The van der Waals surface area contributed by atoms with E-state index in [0.29, 0.717) is 10.7 Å². The Labute approximate surface area is 184 Å². The number of pyridine rings is 1. The maximum atomic E-state index is 12.9. The second-order valence-corrected chi connectivity index (χ2v) is 10.9. The largest absolute Gasteiger partial charge is 0.383 e. The molecule has 1 atom stereocenters. The highest BCUT2D eigenvalue weighted by atomic mass is 32.2. The number of carbonyl (C=O) groups is 1. The van der Waals surface area contributed by atoms with E-state index in [4.69, 9.17) is 5.14 Å². The molecule has 3 aromatic rings. The molecule has 4 N–H and O–H groups in total. The first kappa shape index (κ1) is 21.6. The molecule has 0 saturated heterocycles. The SMILES string of the molecule is CC(C)(O)c1ncc(S(N)(=O)=NC(=O)Nc2cc3c(cc2-c2ccncc2)CCC3)s1. The molecule has 10 heteroatoms. The third kappa shape index (κ3) is 4.67. The van der Waals surface area contributed by atoms with E-state index in [9.17, 15) is 14.1 Å². The fourth-order valence-electron chi connectivity index (χ4n) is 3.48. The lowest BCUT2D eigenvalue weighted by Gasteiger charge is -2.13. The van der Waals surface area contributed by atoms with Gasteiger partial charge in [0, 0.05) is 18.0 Å². The average molecular weight is 458 g/mol. The number of hydrogen-bond acceptors (Lipinski definition) is 6. The van der Waals surface area contributed by atoms with E-state index in [1.807, 2.05) is 18.2 Å². The molecule has 0 radical (unpaired) electrons. The van der Waals surface area contributed by atoms with E-state index in [-0.39, 0.29) is 4.21 Å². The lowest BCUT2D eigenvalue weighted by Crippen LogP contribution is -2.17. The number of aryl methyl sites for hydroxylation is 2. The van der Waals surface area contributed by atoms with E-state index in [2.05, 4.69) is 25.7 Å². The molecule has 1 aliphatic carbocycles. The minimum atomic E-state index is -3.51. The maximum absolute atomic E-state index is 12.9. The van der Waals surface area contributed by atoms with Crippen molar-refractivity contribution in [3.05, 3.63) is 59.0 Å². The topological polar surface area (TPSA) is 131 Å². The van der Waals surface area contributed by atoms with E-state index >= 15 is 0 Å². The molecule has 1 unspecified atom stereocenters. The van der Waals surface area contributed by atoms with Gasteiger partial charge in [0.15, 0.2) is 9.92 Å². The molecule has 8 nitrogen and oxygen atoms in total. The molecular weight excluding hydrogens is 434 g/mol. The molecule has 2 amide bonds. The number of urea groups is 1. The molecule has 0 saturated carbocycles. The number of aromatic nitrogens is 2. The highest BCUT2D eigenvalue weighted by Crippen LogP contribution is 2.35. The second-order valence-electron chi connectivity index (χ2n) is 7.89. The summed E-state index contributed by atoms with van der Waals surface area (Å²) in [6.07, 6.45) is 7.68. The number of rotatable bonds is 4. The zero-order chi connectivity index (χ0) is 22.2. The third-order valence-corrected chi connectivity index (χ3v) is 8.17. The molecule has 1 aromatic carbocycles. The van der Waals surface area contributed by atoms with Gasteiger partial charge in [0.1, 0.15) is 14.8 Å². The Morgan fingerprint density at radius 1 is 1.26 bits per heavy atom. The van der Waals surface area contributed by atoms with Crippen molar-refractivity contribution >= 4 is 33.0 Å². The number of nitrogens with two attached hydrogens (primary N) is 1.